The van der Waals surface area contributed by atoms with E-state index in [9.17, 15) is 23.5 Å². The average molecular weight is 454 g/mol. The number of carboxylic acids is 1. The van der Waals surface area contributed by atoms with Crippen LogP contribution in [-0.4, -0.2) is 15.6 Å². The second-order valence-electron chi connectivity index (χ2n) is 7.67. The van der Waals surface area contributed by atoms with Gasteiger partial charge in [-0.2, -0.15) is 0 Å². The van der Waals surface area contributed by atoms with E-state index < -0.39 is 51.3 Å². The molecule has 33 heavy (non-hydrogen) atoms. The quantitative estimate of drug-likeness (QED) is 0.454. The van der Waals surface area contributed by atoms with Gasteiger partial charge in [0.1, 0.15) is 28.7 Å². The van der Waals surface area contributed by atoms with Crippen LogP contribution < -0.4 is 10.3 Å². The van der Waals surface area contributed by atoms with Crippen molar-refractivity contribution in [2.45, 2.75) is 13.1 Å². The van der Waals surface area contributed by atoms with Gasteiger partial charge in [0, 0.05) is 30.5 Å². The van der Waals surface area contributed by atoms with Gasteiger partial charge in [0.05, 0.1) is 10.9 Å². The molecule has 0 aliphatic carbocycles. The van der Waals surface area contributed by atoms with E-state index in [0.717, 1.165) is 29.0 Å². The highest BCUT2D eigenvalue weighted by molar-refractivity contribution is 5.94. The van der Waals surface area contributed by atoms with E-state index in [1.54, 1.807) is 6.07 Å². The van der Waals surface area contributed by atoms with Gasteiger partial charge in [-0.1, -0.05) is 12.1 Å². The molecule has 9 heteroatoms. The number of carbonyl (C=O) groups is 1. The van der Waals surface area contributed by atoms with Crippen molar-refractivity contribution in [1.29, 1.82) is 0 Å². The van der Waals surface area contributed by atoms with Crippen LogP contribution in [0.2, 0.25) is 0 Å². The van der Waals surface area contributed by atoms with Gasteiger partial charge in [-0.05, 0) is 42.0 Å². The van der Waals surface area contributed by atoms with E-state index in [2.05, 4.69) is 0 Å². The van der Waals surface area contributed by atoms with E-state index in [-0.39, 0.29) is 24.3 Å². The van der Waals surface area contributed by atoms with Gasteiger partial charge < -0.3 is 14.6 Å². The Morgan fingerprint density at radius 3 is 2.33 bits per heavy atom. The lowest BCUT2D eigenvalue weighted by molar-refractivity contribution is 0.0695. The van der Waals surface area contributed by atoms with Crippen molar-refractivity contribution in [3.05, 3.63) is 105 Å². The molecule has 1 aliphatic heterocycles. The minimum Gasteiger partial charge on any atom is -0.477 e. The highest BCUT2D eigenvalue weighted by atomic mass is 19.1. The molecular weight excluding hydrogens is 440 g/mol. The van der Waals surface area contributed by atoms with Crippen LogP contribution in [0.5, 0.6) is 0 Å². The van der Waals surface area contributed by atoms with Crippen molar-refractivity contribution in [2.24, 2.45) is 0 Å². The molecule has 0 atom stereocenters. The lowest BCUT2D eigenvalue weighted by atomic mass is 10.1. The van der Waals surface area contributed by atoms with E-state index in [0.29, 0.717) is 11.1 Å². The molecule has 0 spiro atoms. The Kier molecular flexibility index (Phi) is 4.70. The molecule has 0 radical (unpaired) electrons. The number of pyridine rings is 1. The van der Waals surface area contributed by atoms with Crippen LogP contribution >= 0.6 is 0 Å². The van der Waals surface area contributed by atoms with Gasteiger partial charge in [0.25, 0.3) is 0 Å². The van der Waals surface area contributed by atoms with Gasteiger partial charge >= 0.3 is 5.97 Å². The van der Waals surface area contributed by atoms with Crippen molar-refractivity contribution in [3.63, 3.8) is 0 Å². The van der Waals surface area contributed by atoms with Crippen LogP contribution in [0.1, 0.15) is 21.5 Å². The molecule has 1 N–H and O–H groups in total. The summed E-state index contributed by atoms with van der Waals surface area (Å²) in [5.74, 6) is -4.85. The number of rotatable bonds is 3. The minimum absolute atomic E-state index is 0.0421. The summed E-state index contributed by atoms with van der Waals surface area (Å²) in [4.78, 5) is 25.6. The molecular formula is C24H14F4N2O3. The van der Waals surface area contributed by atoms with Crippen LogP contribution in [0.4, 0.5) is 23.2 Å². The van der Waals surface area contributed by atoms with E-state index in [1.165, 1.54) is 29.2 Å². The fourth-order valence-corrected chi connectivity index (χ4v) is 4.19. The number of anilines is 1. The summed E-state index contributed by atoms with van der Waals surface area (Å²) in [5, 5.41) is 8.94. The second-order valence-corrected chi connectivity index (χ2v) is 7.67. The number of hydrogen-bond donors (Lipinski definition) is 1. The number of aromatic carboxylic acids is 1. The summed E-state index contributed by atoms with van der Waals surface area (Å²) in [6.45, 7) is -0.0459. The number of carboxylic acid groups (broad SMARTS) is 1. The van der Waals surface area contributed by atoms with E-state index in [1.807, 2.05) is 0 Å². The first-order chi connectivity index (χ1) is 15.8. The number of nitrogens with zero attached hydrogens (tertiary/aromatic N) is 2. The van der Waals surface area contributed by atoms with Crippen LogP contribution in [0.3, 0.4) is 0 Å². The Morgan fingerprint density at radius 1 is 0.939 bits per heavy atom. The van der Waals surface area contributed by atoms with Gasteiger partial charge in [-0.25, -0.2) is 22.4 Å². The highest BCUT2D eigenvalue weighted by Gasteiger charge is 2.30. The standard InChI is InChI=1S/C24H14F4N2O3/c25-13-4-6-14(7-5-13)30-11-17(24(32)33)23(31)15-8-19(27)22(20(28)21(15)30)29-9-12-2-1-3-18(26)16(12)10-29/h1-8,11H,9-10H2,(H,32,33). The van der Waals surface area contributed by atoms with Crippen molar-refractivity contribution in [2.75, 3.05) is 4.90 Å². The molecule has 0 unspecified atom stereocenters. The monoisotopic (exact) mass is 454 g/mol. The fourth-order valence-electron chi connectivity index (χ4n) is 4.19. The van der Waals surface area contributed by atoms with Crippen molar-refractivity contribution >= 4 is 22.6 Å². The first-order valence-corrected chi connectivity index (χ1v) is 9.84. The fraction of sp³-hybridized carbons (Fsp3) is 0.0833. The molecule has 0 saturated carbocycles. The molecule has 5 nitrogen and oxygen atoms in total. The summed E-state index contributed by atoms with van der Waals surface area (Å²) < 4.78 is 59.7. The zero-order chi connectivity index (χ0) is 23.4. The van der Waals surface area contributed by atoms with Gasteiger partial charge in [-0.3, -0.25) is 4.79 Å². The summed E-state index contributed by atoms with van der Waals surface area (Å²) in [6.07, 6.45) is 0.920. The molecule has 0 amide bonds. The predicted molar refractivity (Wildman–Crippen MR) is 113 cm³/mol. The SMILES string of the molecule is O=C(O)c1cn(-c2ccc(F)cc2)c2c(F)c(N3Cc4cccc(F)c4C3)c(F)cc2c1=O. The van der Waals surface area contributed by atoms with E-state index in [4.69, 9.17) is 0 Å². The van der Waals surface area contributed by atoms with Crippen LogP contribution in [0.15, 0.2) is 59.5 Å². The maximum absolute atomic E-state index is 15.9. The second kappa shape index (κ2) is 7.47. The predicted octanol–water partition coefficient (Wildman–Crippen LogP) is 4.77. The largest absolute Gasteiger partial charge is 0.477 e. The molecule has 166 valence electrons. The first kappa shape index (κ1) is 20.7. The van der Waals surface area contributed by atoms with Crippen molar-refractivity contribution in [1.82, 2.24) is 4.57 Å². The lowest BCUT2D eigenvalue weighted by Gasteiger charge is -2.22. The summed E-state index contributed by atoms with van der Waals surface area (Å²) in [7, 11) is 0. The molecule has 3 aromatic carbocycles. The van der Waals surface area contributed by atoms with Crippen LogP contribution in [0, 0.1) is 23.3 Å². The summed E-state index contributed by atoms with van der Waals surface area (Å²) in [5.41, 5.74) is -1.55. The third kappa shape index (κ3) is 3.24. The molecule has 4 aromatic rings. The number of aromatic nitrogens is 1. The summed E-state index contributed by atoms with van der Waals surface area (Å²) in [6, 6.07) is 9.91. The van der Waals surface area contributed by atoms with Gasteiger partial charge in [0.15, 0.2) is 5.82 Å². The first-order valence-electron chi connectivity index (χ1n) is 9.84. The van der Waals surface area contributed by atoms with Crippen LogP contribution in [-0.2, 0) is 13.1 Å². The molecule has 2 heterocycles. The lowest BCUT2D eigenvalue weighted by Crippen LogP contribution is -2.22. The third-order valence-electron chi connectivity index (χ3n) is 5.73. The Labute approximate surface area is 183 Å². The molecule has 0 fully saturated rings. The molecule has 1 aliphatic rings. The highest BCUT2D eigenvalue weighted by Crippen LogP contribution is 2.36. The molecule has 0 bridgehead atoms. The Hall–Kier alpha value is -4.14. The Bertz CT molecular complexity index is 1510. The minimum atomic E-state index is -1.58. The Morgan fingerprint density at radius 2 is 1.67 bits per heavy atom. The zero-order valence-corrected chi connectivity index (χ0v) is 16.8. The molecule has 1 aromatic heterocycles. The molecule has 0 saturated heterocycles. The topological polar surface area (TPSA) is 62.5 Å². The number of hydrogen-bond acceptors (Lipinski definition) is 3. The van der Waals surface area contributed by atoms with Crippen LogP contribution in [0.25, 0.3) is 16.6 Å². The van der Waals surface area contributed by atoms with Crippen molar-refractivity contribution < 1.29 is 27.5 Å². The zero-order valence-electron chi connectivity index (χ0n) is 16.8. The third-order valence-corrected chi connectivity index (χ3v) is 5.73. The number of fused-ring (bicyclic) bond motifs is 2. The normalized spacial score (nSPS) is 12.9. The summed E-state index contributed by atoms with van der Waals surface area (Å²) >= 11 is 0. The molecule has 5 rings (SSSR count). The van der Waals surface area contributed by atoms with Gasteiger partial charge in [0.2, 0.25) is 5.43 Å². The average Bonchev–Trinajstić information content (AvgIpc) is 3.20. The van der Waals surface area contributed by atoms with E-state index >= 15 is 8.78 Å². The smallest absolute Gasteiger partial charge is 0.341 e. The maximum atomic E-state index is 15.9. The maximum Gasteiger partial charge on any atom is 0.341 e. The van der Waals surface area contributed by atoms with Crippen molar-refractivity contribution in [3.8, 4) is 5.69 Å². The number of benzene rings is 3. The van der Waals surface area contributed by atoms with Gasteiger partial charge in [-0.15, -0.1) is 0 Å². The number of halogens is 4. The Balaban J connectivity index is 1.79.